The molecule has 0 bridgehead atoms. The summed E-state index contributed by atoms with van der Waals surface area (Å²) in [6.07, 6.45) is 5.56. The van der Waals surface area contributed by atoms with Crippen LogP contribution in [0.15, 0.2) is 29.1 Å². The lowest BCUT2D eigenvalue weighted by molar-refractivity contribution is 0.136. The van der Waals surface area contributed by atoms with E-state index < -0.39 is 0 Å². The van der Waals surface area contributed by atoms with Crippen molar-refractivity contribution in [2.75, 3.05) is 13.1 Å². The van der Waals surface area contributed by atoms with Crippen molar-refractivity contribution < 1.29 is 9.52 Å². The summed E-state index contributed by atoms with van der Waals surface area (Å²) in [7, 11) is 0. The van der Waals surface area contributed by atoms with Crippen molar-refractivity contribution in [2.45, 2.75) is 25.8 Å². The fourth-order valence-corrected chi connectivity index (χ4v) is 4.33. The number of aromatic nitrogens is 3. The molecule has 3 aromatic rings. The van der Waals surface area contributed by atoms with Gasteiger partial charge in [0.2, 0.25) is 10.8 Å². The van der Waals surface area contributed by atoms with Crippen LogP contribution < -0.4 is 0 Å². The number of hydrogen-bond donors (Lipinski definition) is 1. The van der Waals surface area contributed by atoms with Crippen molar-refractivity contribution >= 4 is 16.3 Å². The van der Waals surface area contributed by atoms with Crippen LogP contribution in [0.25, 0.3) is 4.96 Å². The lowest BCUT2D eigenvalue weighted by Gasteiger charge is -2.35. The Bertz CT molecular complexity index is 764. The Kier molecular flexibility index (Phi) is 3.38. The largest absolute Gasteiger partial charge is 0.492 e. The van der Waals surface area contributed by atoms with E-state index in [9.17, 15) is 5.11 Å². The van der Waals surface area contributed by atoms with Crippen LogP contribution in [-0.4, -0.2) is 37.7 Å². The molecule has 0 aliphatic carbocycles. The first-order valence-electron chi connectivity index (χ1n) is 7.53. The van der Waals surface area contributed by atoms with Gasteiger partial charge in [-0.1, -0.05) is 18.3 Å². The van der Waals surface area contributed by atoms with Gasteiger partial charge in [-0.25, -0.2) is 4.98 Å². The van der Waals surface area contributed by atoms with E-state index in [1.807, 2.05) is 12.1 Å². The van der Waals surface area contributed by atoms with Crippen LogP contribution in [0.4, 0.5) is 0 Å². The molecule has 2 unspecified atom stereocenters. The molecule has 7 heteroatoms. The van der Waals surface area contributed by atoms with Crippen molar-refractivity contribution in [1.82, 2.24) is 19.5 Å². The maximum Gasteiger partial charge on any atom is 0.230 e. The van der Waals surface area contributed by atoms with E-state index >= 15 is 0 Å². The lowest BCUT2D eigenvalue weighted by Crippen LogP contribution is -2.37. The summed E-state index contributed by atoms with van der Waals surface area (Å²) in [5.74, 6) is 1.67. The van der Waals surface area contributed by atoms with E-state index in [0.29, 0.717) is 10.9 Å². The number of rotatable bonds is 3. The first kappa shape index (κ1) is 13.8. The van der Waals surface area contributed by atoms with Gasteiger partial charge in [-0.3, -0.25) is 4.90 Å². The van der Waals surface area contributed by atoms with Gasteiger partial charge in [0.25, 0.3) is 0 Å². The highest BCUT2D eigenvalue weighted by molar-refractivity contribution is 7.17. The standard InChI is InChI=1S/C15H18N4O2S/c1-10-4-2-6-18(8-10)12(11-5-3-7-21-11)13-14(20)19-15(22-13)16-9-17-19/h3,5,7,9-10,12,20H,2,4,6,8H2,1H3. The number of furan rings is 1. The van der Waals surface area contributed by atoms with Crippen molar-refractivity contribution in [3.05, 3.63) is 35.4 Å². The SMILES string of the molecule is CC1CCCN(C(c2ccco2)c2sc3ncnn3c2O)C1. The third-order valence-corrected chi connectivity index (χ3v) is 5.34. The second kappa shape index (κ2) is 5.40. The van der Waals surface area contributed by atoms with Gasteiger partial charge in [0, 0.05) is 6.54 Å². The number of piperidine rings is 1. The third kappa shape index (κ3) is 2.21. The van der Waals surface area contributed by atoms with Crippen molar-refractivity contribution in [3.63, 3.8) is 0 Å². The van der Waals surface area contributed by atoms with Gasteiger partial charge in [-0.05, 0) is 37.4 Å². The van der Waals surface area contributed by atoms with Crippen LogP contribution in [-0.2, 0) is 0 Å². The second-order valence-corrected chi connectivity index (χ2v) is 6.91. The number of aromatic hydroxyl groups is 1. The van der Waals surface area contributed by atoms with Gasteiger partial charge in [-0.15, -0.1) is 0 Å². The van der Waals surface area contributed by atoms with Gasteiger partial charge >= 0.3 is 0 Å². The van der Waals surface area contributed by atoms with Crippen molar-refractivity contribution in [2.24, 2.45) is 5.92 Å². The monoisotopic (exact) mass is 318 g/mol. The Hall–Kier alpha value is -1.86. The average molecular weight is 318 g/mol. The molecule has 1 N–H and O–H groups in total. The summed E-state index contributed by atoms with van der Waals surface area (Å²) < 4.78 is 7.16. The topological polar surface area (TPSA) is 66.8 Å². The molecule has 2 atom stereocenters. The van der Waals surface area contributed by atoms with Gasteiger partial charge < -0.3 is 9.52 Å². The Morgan fingerprint density at radius 3 is 3.14 bits per heavy atom. The zero-order valence-corrected chi connectivity index (χ0v) is 13.2. The predicted molar refractivity (Wildman–Crippen MR) is 83.1 cm³/mol. The van der Waals surface area contributed by atoms with Gasteiger partial charge in [0.1, 0.15) is 18.1 Å². The molecule has 0 aromatic carbocycles. The van der Waals surface area contributed by atoms with E-state index in [0.717, 1.165) is 23.7 Å². The minimum absolute atomic E-state index is 0.0775. The summed E-state index contributed by atoms with van der Waals surface area (Å²) >= 11 is 1.47. The molecule has 0 spiro atoms. The van der Waals surface area contributed by atoms with Crippen LogP contribution in [0.1, 0.15) is 36.4 Å². The summed E-state index contributed by atoms with van der Waals surface area (Å²) in [4.78, 5) is 8.12. The van der Waals surface area contributed by atoms with Crippen LogP contribution in [0.3, 0.4) is 0 Å². The maximum absolute atomic E-state index is 10.5. The van der Waals surface area contributed by atoms with Gasteiger partial charge in [0.05, 0.1) is 11.1 Å². The Labute approximate surface area is 132 Å². The molecule has 0 radical (unpaired) electrons. The number of fused-ring (bicyclic) bond motifs is 1. The Balaban J connectivity index is 1.79. The molecule has 1 aliphatic rings. The zero-order chi connectivity index (χ0) is 15.1. The first-order chi connectivity index (χ1) is 10.7. The Morgan fingerprint density at radius 1 is 1.50 bits per heavy atom. The number of nitrogens with zero attached hydrogens (tertiary/aromatic N) is 4. The highest BCUT2D eigenvalue weighted by Gasteiger charge is 2.33. The number of likely N-dealkylation sites (tertiary alicyclic amines) is 1. The molecule has 22 heavy (non-hydrogen) atoms. The molecule has 6 nitrogen and oxygen atoms in total. The van der Waals surface area contributed by atoms with E-state index in [4.69, 9.17) is 4.42 Å². The van der Waals surface area contributed by atoms with Crippen LogP contribution in [0, 0.1) is 5.92 Å². The van der Waals surface area contributed by atoms with Gasteiger partial charge in [0.15, 0.2) is 0 Å². The molecular weight excluding hydrogens is 300 g/mol. The summed E-state index contributed by atoms with van der Waals surface area (Å²) in [6.45, 7) is 4.27. The summed E-state index contributed by atoms with van der Waals surface area (Å²) in [6, 6.07) is 3.79. The predicted octanol–water partition coefficient (Wildman–Crippen LogP) is 2.91. The fraction of sp³-hybridized carbons (Fsp3) is 0.467. The maximum atomic E-state index is 10.5. The number of thiazole rings is 1. The number of hydrogen-bond acceptors (Lipinski definition) is 6. The van der Waals surface area contributed by atoms with Crippen molar-refractivity contribution in [3.8, 4) is 5.88 Å². The smallest absolute Gasteiger partial charge is 0.230 e. The minimum atomic E-state index is -0.0775. The van der Waals surface area contributed by atoms with Crippen molar-refractivity contribution in [1.29, 1.82) is 0 Å². The molecule has 4 rings (SSSR count). The van der Waals surface area contributed by atoms with Crippen LogP contribution >= 0.6 is 11.3 Å². The molecule has 1 aliphatic heterocycles. The highest BCUT2D eigenvalue weighted by atomic mass is 32.1. The minimum Gasteiger partial charge on any atom is -0.492 e. The van der Waals surface area contributed by atoms with Crippen LogP contribution in [0.2, 0.25) is 0 Å². The first-order valence-corrected chi connectivity index (χ1v) is 8.34. The second-order valence-electron chi connectivity index (χ2n) is 5.90. The Morgan fingerprint density at radius 2 is 2.41 bits per heavy atom. The molecule has 1 saturated heterocycles. The quantitative estimate of drug-likeness (QED) is 0.804. The van der Waals surface area contributed by atoms with E-state index in [2.05, 4.69) is 21.9 Å². The molecule has 4 heterocycles. The van der Waals surface area contributed by atoms with E-state index in [-0.39, 0.29) is 11.9 Å². The van der Waals surface area contributed by atoms with E-state index in [1.165, 1.54) is 35.0 Å². The normalized spacial score (nSPS) is 21.4. The molecule has 1 fully saturated rings. The molecule has 0 amide bonds. The molecule has 0 saturated carbocycles. The lowest BCUT2D eigenvalue weighted by atomic mass is 9.97. The average Bonchev–Trinajstić information content (AvgIpc) is 3.21. The zero-order valence-electron chi connectivity index (χ0n) is 12.3. The highest BCUT2D eigenvalue weighted by Crippen LogP contribution is 2.41. The summed E-state index contributed by atoms with van der Waals surface area (Å²) in [5, 5.41) is 14.6. The fourth-order valence-electron chi connectivity index (χ4n) is 3.25. The third-order valence-electron chi connectivity index (χ3n) is 4.25. The van der Waals surface area contributed by atoms with E-state index in [1.54, 1.807) is 6.26 Å². The molecule has 116 valence electrons. The summed E-state index contributed by atoms with van der Waals surface area (Å²) in [5.41, 5.74) is 0. The molecule has 3 aromatic heterocycles. The molecular formula is C15H18N4O2S. The van der Waals surface area contributed by atoms with Gasteiger partial charge in [-0.2, -0.15) is 9.61 Å². The van der Waals surface area contributed by atoms with Crippen LogP contribution in [0.5, 0.6) is 5.88 Å².